The first kappa shape index (κ1) is 14.1. The molecule has 106 valence electrons. The SMILES string of the molecule is COc1ccc(-c2nc(N)nc(N)c2C#N)c(C(=O)O)c1. The molecule has 1 aromatic heterocycles. The monoisotopic (exact) mass is 285 g/mol. The molecule has 0 saturated heterocycles. The van der Waals surface area contributed by atoms with Crippen LogP contribution in [0.2, 0.25) is 0 Å². The lowest BCUT2D eigenvalue weighted by molar-refractivity contribution is 0.0697. The van der Waals surface area contributed by atoms with Gasteiger partial charge in [0.2, 0.25) is 5.95 Å². The maximum Gasteiger partial charge on any atom is 0.336 e. The number of nitrogen functional groups attached to an aromatic ring is 2. The van der Waals surface area contributed by atoms with Crippen molar-refractivity contribution in [3.8, 4) is 23.1 Å². The predicted octanol–water partition coefficient (Wildman–Crippen LogP) is 0.886. The molecule has 0 aliphatic carbocycles. The number of nitrogens with two attached hydrogens (primary N) is 2. The Morgan fingerprint density at radius 2 is 2.10 bits per heavy atom. The Morgan fingerprint density at radius 1 is 1.38 bits per heavy atom. The average Bonchev–Trinajstić information content (AvgIpc) is 2.45. The minimum absolute atomic E-state index is 0.0307. The van der Waals surface area contributed by atoms with Crippen LogP contribution in [-0.4, -0.2) is 28.2 Å². The van der Waals surface area contributed by atoms with Gasteiger partial charge in [-0.15, -0.1) is 0 Å². The molecule has 0 atom stereocenters. The molecule has 8 heteroatoms. The van der Waals surface area contributed by atoms with Gasteiger partial charge in [-0.3, -0.25) is 0 Å². The van der Waals surface area contributed by atoms with Crippen molar-refractivity contribution < 1.29 is 14.6 Å². The number of carbonyl (C=O) groups is 1. The lowest BCUT2D eigenvalue weighted by Crippen LogP contribution is -2.07. The summed E-state index contributed by atoms with van der Waals surface area (Å²) in [4.78, 5) is 19.0. The van der Waals surface area contributed by atoms with Crippen LogP contribution in [0.4, 0.5) is 11.8 Å². The molecule has 0 saturated carbocycles. The topological polar surface area (TPSA) is 148 Å². The van der Waals surface area contributed by atoms with Crippen LogP contribution >= 0.6 is 0 Å². The number of methoxy groups -OCH3 is 1. The van der Waals surface area contributed by atoms with Gasteiger partial charge in [-0.25, -0.2) is 9.78 Å². The largest absolute Gasteiger partial charge is 0.497 e. The van der Waals surface area contributed by atoms with E-state index in [-0.39, 0.29) is 34.2 Å². The van der Waals surface area contributed by atoms with Crippen LogP contribution in [-0.2, 0) is 0 Å². The molecule has 2 aromatic rings. The van der Waals surface area contributed by atoms with Gasteiger partial charge in [0.05, 0.1) is 18.4 Å². The van der Waals surface area contributed by atoms with Crippen molar-refractivity contribution in [3.63, 3.8) is 0 Å². The molecule has 0 bridgehead atoms. The zero-order valence-electron chi connectivity index (χ0n) is 11.0. The molecule has 0 amide bonds. The number of ether oxygens (including phenoxy) is 1. The molecule has 0 unspecified atom stereocenters. The fourth-order valence-electron chi connectivity index (χ4n) is 1.83. The Bertz CT molecular complexity index is 767. The molecular weight excluding hydrogens is 274 g/mol. The summed E-state index contributed by atoms with van der Waals surface area (Å²) in [5.41, 5.74) is 11.3. The molecule has 1 heterocycles. The first-order valence-corrected chi connectivity index (χ1v) is 5.72. The number of carboxylic acids is 1. The molecule has 0 spiro atoms. The summed E-state index contributed by atoms with van der Waals surface area (Å²) in [6.45, 7) is 0. The van der Waals surface area contributed by atoms with Gasteiger partial charge in [0.1, 0.15) is 23.2 Å². The summed E-state index contributed by atoms with van der Waals surface area (Å²) in [6.07, 6.45) is 0. The lowest BCUT2D eigenvalue weighted by Gasteiger charge is -2.10. The van der Waals surface area contributed by atoms with E-state index in [1.807, 2.05) is 6.07 Å². The Balaban J connectivity index is 2.79. The number of carboxylic acid groups (broad SMARTS) is 1. The number of anilines is 2. The highest BCUT2D eigenvalue weighted by Gasteiger charge is 2.20. The van der Waals surface area contributed by atoms with Crippen molar-refractivity contribution in [2.75, 3.05) is 18.6 Å². The fourth-order valence-corrected chi connectivity index (χ4v) is 1.83. The van der Waals surface area contributed by atoms with E-state index in [1.54, 1.807) is 6.07 Å². The second kappa shape index (κ2) is 5.34. The van der Waals surface area contributed by atoms with Crippen LogP contribution in [0, 0.1) is 11.3 Å². The summed E-state index contributed by atoms with van der Waals surface area (Å²) in [5, 5.41) is 18.5. The van der Waals surface area contributed by atoms with E-state index in [0.717, 1.165) is 0 Å². The third kappa shape index (κ3) is 2.52. The Labute approximate surface area is 119 Å². The standard InChI is InChI=1S/C13H11N5O3/c1-21-6-2-3-7(8(4-6)12(19)20)10-9(5-14)11(15)18-13(16)17-10/h2-4H,1H3,(H,19,20)(H4,15,16,17,18). The molecule has 0 fully saturated rings. The molecule has 2 rings (SSSR count). The second-order valence-electron chi connectivity index (χ2n) is 4.02. The van der Waals surface area contributed by atoms with Gasteiger partial charge in [0.25, 0.3) is 0 Å². The van der Waals surface area contributed by atoms with Gasteiger partial charge in [-0.2, -0.15) is 10.2 Å². The van der Waals surface area contributed by atoms with Gasteiger partial charge in [0, 0.05) is 5.56 Å². The highest BCUT2D eigenvalue weighted by Crippen LogP contribution is 2.30. The number of hydrogen-bond acceptors (Lipinski definition) is 7. The minimum Gasteiger partial charge on any atom is -0.497 e. The van der Waals surface area contributed by atoms with Gasteiger partial charge in [-0.1, -0.05) is 0 Å². The summed E-state index contributed by atoms with van der Waals surface area (Å²) in [5.74, 6) is -1.07. The van der Waals surface area contributed by atoms with Gasteiger partial charge >= 0.3 is 5.97 Å². The van der Waals surface area contributed by atoms with E-state index < -0.39 is 5.97 Å². The molecule has 21 heavy (non-hydrogen) atoms. The molecule has 8 nitrogen and oxygen atoms in total. The maximum atomic E-state index is 11.4. The van der Waals surface area contributed by atoms with E-state index in [1.165, 1.54) is 19.2 Å². The normalized spacial score (nSPS) is 9.90. The summed E-state index contributed by atoms with van der Waals surface area (Å²) < 4.78 is 4.99. The average molecular weight is 285 g/mol. The quantitative estimate of drug-likeness (QED) is 0.752. The van der Waals surface area contributed by atoms with Crippen LogP contribution in [0.15, 0.2) is 18.2 Å². The van der Waals surface area contributed by atoms with Crippen LogP contribution in [0.25, 0.3) is 11.3 Å². The smallest absolute Gasteiger partial charge is 0.336 e. The van der Waals surface area contributed by atoms with Crippen molar-refractivity contribution in [3.05, 3.63) is 29.3 Å². The van der Waals surface area contributed by atoms with E-state index in [4.69, 9.17) is 21.5 Å². The van der Waals surface area contributed by atoms with E-state index in [9.17, 15) is 9.90 Å². The first-order valence-electron chi connectivity index (χ1n) is 5.72. The highest BCUT2D eigenvalue weighted by atomic mass is 16.5. The van der Waals surface area contributed by atoms with Crippen molar-refractivity contribution in [2.24, 2.45) is 0 Å². The highest BCUT2D eigenvalue weighted by molar-refractivity contribution is 5.97. The minimum atomic E-state index is -1.19. The van der Waals surface area contributed by atoms with E-state index >= 15 is 0 Å². The van der Waals surface area contributed by atoms with Crippen molar-refractivity contribution in [1.82, 2.24) is 9.97 Å². The number of nitrogens with zero attached hydrogens (tertiary/aromatic N) is 3. The van der Waals surface area contributed by atoms with Crippen molar-refractivity contribution in [2.45, 2.75) is 0 Å². The fraction of sp³-hybridized carbons (Fsp3) is 0.0769. The number of nitriles is 1. The second-order valence-corrected chi connectivity index (χ2v) is 4.02. The Morgan fingerprint density at radius 3 is 2.67 bits per heavy atom. The summed E-state index contributed by atoms with van der Waals surface area (Å²) in [7, 11) is 1.42. The number of rotatable bonds is 3. The van der Waals surface area contributed by atoms with Crippen LogP contribution in [0.5, 0.6) is 5.75 Å². The van der Waals surface area contributed by atoms with Crippen LogP contribution in [0.3, 0.4) is 0 Å². The van der Waals surface area contributed by atoms with Gasteiger partial charge in [0.15, 0.2) is 0 Å². The van der Waals surface area contributed by atoms with Gasteiger partial charge < -0.3 is 21.3 Å². The molecule has 0 radical (unpaired) electrons. The number of aromatic carboxylic acids is 1. The van der Waals surface area contributed by atoms with E-state index in [2.05, 4.69) is 9.97 Å². The van der Waals surface area contributed by atoms with Crippen LogP contribution < -0.4 is 16.2 Å². The van der Waals surface area contributed by atoms with Crippen LogP contribution in [0.1, 0.15) is 15.9 Å². The lowest BCUT2D eigenvalue weighted by atomic mass is 10.0. The number of hydrogen-bond donors (Lipinski definition) is 3. The Hall–Kier alpha value is -3.34. The van der Waals surface area contributed by atoms with Crippen molar-refractivity contribution in [1.29, 1.82) is 5.26 Å². The van der Waals surface area contributed by atoms with E-state index in [0.29, 0.717) is 5.75 Å². The maximum absolute atomic E-state index is 11.4. The number of benzene rings is 1. The summed E-state index contributed by atoms with van der Waals surface area (Å²) >= 11 is 0. The molecule has 0 aliphatic rings. The molecule has 1 aromatic carbocycles. The first-order chi connectivity index (χ1) is 9.97. The number of aromatic nitrogens is 2. The van der Waals surface area contributed by atoms with Crippen molar-refractivity contribution >= 4 is 17.7 Å². The van der Waals surface area contributed by atoms with Gasteiger partial charge in [-0.05, 0) is 18.2 Å². The molecular formula is C13H11N5O3. The summed E-state index contributed by atoms with van der Waals surface area (Å²) in [6, 6.07) is 6.21. The zero-order valence-corrected chi connectivity index (χ0v) is 11.0. The molecule has 0 aliphatic heterocycles. The molecule has 5 N–H and O–H groups in total. The Kier molecular flexibility index (Phi) is 3.58. The third-order valence-corrected chi connectivity index (χ3v) is 2.78. The predicted molar refractivity (Wildman–Crippen MR) is 74.5 cm³/mol. The third-order valence-electron chi connectivity index (χ3n) is 2.78. The zero-order chi connectivity index (χ0) is 15.6.